The zero-order chi connectivity index (χ0) is 14.9. The lowest BCUT2D eigenvalue weighted by molar-refractivity contribution is 0.0636. The second-order valence-corrected chi connectivity index (χ2v) is 6.13. The van der Waals surface area contributed by atoms with E-state index in [9.17, 15) is 0 Å². The Morgan fingerprint density at radius 2 is 1.90 bits per heavy atom. The molecule has 118 valence electrons. The van der Waals surface area contributed by atoms with Crippen LogP contribution in [0.15, 0.2) is 24.3 Å². The Labute approximate surface area is 129 Å². The van der Waals surface area contributed by atoms with Gasteiger partial charge in [-0.2, -0.15) is 0 Å². The normalized spacial score (nSPS) is 16.1. The van der Waals surface area contributed by atoms with Crippen LogP contribution >= 0.6 is 0 Å². The van der Waals surface area contributed by atoms with Crippen LogP contribution in [0.5, 0.6) is 0 Å². The minimum absolute atomic E-state index is 0.649. The van der Waals surface area contributed by atoms with E-state index in [1.165, 1.54) is 24.0 Å². The quantitative estimate of drug-likeness (QED) is 0.636. The monoisotopic (exact) mass is 291 g/mol. The van der Waals surface area contributed by atoms with Crippen molar-refractivity contribution < 1.29 is 9.47 Å². The standard InChI is InChI=1S/C18H29NO2/c1-15-3-5-16(6-4-15)13-17(14-19-18-7-8-18)9-10-21-12-11-20-2/h3-6,17-19H,7-14H2,1-2H3. The van der Waals surface area contributed by atoms with Gasteiger partial charge in [-0.25, -0.2) is 0 Å². The van der Waals surface area contributed by atoms with Crippen LogP contribution in [0.25, 0.3) is 0 Å². The summed E-state index contributed by atoms with van der Waals surface area (Å²) in [5, 5.41) is 3.66. The van der Waals surface area contributed by atoms with Crippen LogP contribution in [-0.4, -0.2) is 39.5 Å². The van der Waals surface area contributed by atoms with Crippen molar-refractivity contribution in [2.24, 2.45) is 5.92 Å². The summed E-state index contributed by atoms with van der Waals surface area (Å²) in [7, 11) is 1.71. The second kappa shape index (κ2) is 9.19. The molecule has 0 spiro atoms. The van der Waals surface area contributed by atoms with Crippen molar-refractivity contribution in [2.75, 3.05) is 33.5 Å². The molecule has 0 aliphatic heterocycles. The molecule has 0 amide bonds. The molecule has 1 atom stereocenters. The molecule has 0 radical (unpaired) electrons. The fraction of sp³-hybridized carbons (Fsp3) is 0.667. The Balaban J connectivity index is 1.74. The highest BCUT2D eigenvalue weighted by Crippen LogP contribution is 2.20. The zero-order valence-corrected chi connectivity index (χ0v) is 13.4. The van der Waals surface area contributed by atoms with Crippen LogP contribution in [0.3, 0.4) is 0 Å². The summed E-state index contributed by atoms with van der Waals surface area (Å²) in [5.41, 5.74) is 2.76. The number of hydrogen-bond donors (Lipinski definition) is 1. The summed E-state index contributed by atoms with van der Waals surface area (Å²) >= 11 is 0. The number of methoxy groups -OCH3 is 1. The summed E-state index contributed by atoms with van der Waals surface area (Å²) in [6, 6.07) is 9.70. The molecule has 1 saturated carbocycles. The minimum Gasteiger partial charge on any atom is -0.382 e. The first-order valence-corrected chi connectivity index (χ1v) is 8.13. The number of benzene rings is 1. The van der Waals surface area contributed by atoms with Gasteiger partial charge in [-0.15, -0.1) is 0 Å². The number of aryl methyl sites for hydroxylation is 1. The maximum Gasteiger partial charge on any atom is 0.0700 e. The molecule has 1 aliphatic carbocycles. The van der Waals surface area contributed by atoms with Crippen LogP contribution in [0, 0.1) is 12.8 Å². The Kier molecular flexibility index (Phi) is 7.20. The predicted octanol–water partition coefficient (Wildman–Crippen LogP) is 2.96. The number of rotatable bonds is 11. The van der Waals surface area contributed by atoms with Gasteiger partial charge < -0.3 is 14.8 Å². The van der Waals surface area contributed by atoms with Gasteiger partial charge in [0.1, 0.15) is 0 Å². The van der Waals surface area contributed by atoms with Crippen LogP contribution in [0.1, 0.15) is 30.4 Å². The smallest absolute Gasteiger partial charge is 0.0700 e. The van der Waals surface area contributed by atoms with E-state index in [0.29, 0.717) is 19.1 Å². The van der Waals surface area contributed by atoms with Crippen LogP contribution < -0.4 is 5.32 Å². The molecular weight excluding hydrogens is 262 g/mol. The van der Waals surface area contributed by atoms with Gasteiger partial charge in [0, 0.05) is 19.8 Å². The van der Waals surface area contributed by atoms with E-state index >= 15 is 0 Å². The van der Waals surface area contributed by atoms with Gasteiger partial charge >= 0.3 is 0 Å². The Bertz CT molecular complexity index is 387. The van der Waals surface area contributed by atoms with E-state index in [1.807, 2.05) is 0 Å². The largest absolute Gasteiger partial charge is 0.382 e. The molecular formula is C18H29NO2. The fourth-order valence-electron chi connectivity index (χ4n) is 2.45. The molecule has 3 nitrogen and oxygen atoms in total. The molecule has 21 heavy (non-hydrogen) atoms. The average molecular weight is 291 g/mol. The fourth-order valence-corrected chi connectivity index (χ4v) is 2.45. The van der Waals surface area contributed by atoms with Gasteiger partial charge in [-0.1, -0.05) is 29.8 Å². The highest BCUT2D eigenvalue weighted by atomic mass is 16.5. The van der Waals surface area contributed by atoms with Crippen molar-refractivity contribution in [3.63, 3.8) is 0 Å². The maximum absolute atomic E-state index is 5.63. The Morgan fingerprint density at radius 3 is 2.57 bits per heavy atom. The molecule has 0 bridgehead atoms. The third-order valence-electron chi connectivity index (χ3n) is 4.02. The van der Waals surface area contributed by atoms with E-state index < -0.39 is 0 Å². The van der Waals surface area contributed by atoms with Crippen LogP contribution in [-0.2, 0) is 15.9 Å². The van der Waals surface area contributed by atoms with E-state index in [1.54, 1.807) is 7.11 Å². The first-order chi connectivity index (χ1) is 10.3. The zero-order valence-electron chi connectivity index (χ0n) is 13.4. The molecule has 1 aromatic rings. The number of nitrogens with one attached hydrogen (secondary N) is 1. The van der Waals surface area contributed by atoms with Crippen molar-refractivity contribution >= 4 is 0 Å². The molecule has 1 N–H and O–H groups in total. The van der Waals surface area contributed by atoms with Gasteiger partial charge in [-0.3, -0.25) is 0 Å². The molecule has 0 aromatic heterocycles. The number of hydrogen-bond acceptors (Lipinski definition) is 3. The predicted molar refractivity (Wildman–Crippen MR) is 86.7 cm³/mol. The second-order valence-electron chi connectivity index (χ2n) is 6.13. The summed E-state index contributed by atoms with van der Waals surface area (Å²) in [6.45, 7) is 5.45. The molecule has 1 aromatic carbocycles. The summed E-state index contributed by atoms with van der Waals surface area (Å²) in [4.78, 5) is 0. The lowest BCUT2D eigenvalue weighted by atomic mass is 9.96. The number of ether oxygens (including phenoxy) is 2. The molecule has 1 unspecified atom stereocenters. The SMILES string of the molecule is COCCOCCC(CNC1CC1)Cc1ccc(C)cc1. The summed E-state index contributed by atoms with van der Waals surface area (Å²) < 4.78 is 10.6. The van der Waals surface area contributed by atoms with Gasteiger partial charge in [0.2, 0.25) is 0 Å². The molecule has 1 fully saturated rings. The Morgan fingerprint density at radius 1 is 1.14 bits per heavy atom. The minimum atomic E-state index is 0.649. The van der Waals surface area contributed by atoms with Crippen molar-refractivity contribution in [1.29, 1.82) is 0 Å². The highest BCUT2D eigenvalue weighted by Gasteiger charge is 2.22. The molecule has 0 heterocycles. The Hall–Kier alpha value is -0.900. The van der Waals surface area contributed by atoms with Crippen molar-refractivity contribution in [2.45, 2.75) is 38.6 Å². The molecule has 3 heteroatoms. The van der Waals surface area contributed by atoms with Crippen molar-refractivity contribution in [3.8, 4) is 0 Å². The van der Waals surface area contributed by atoms with Gasteiger partial charge in [0.15, 0.2) is 0 Å². The maximum atomic E-state index is 5.63. The van der Waals surface area contributed by atoms with Crippen LogP contribution in [0.2, 0.25) is 0 Å². The van der Waals surface area contributed by atoms with Gasteiger partial charge in [0.05, 0.1) is 13.2 Å². The van der Waals surface area contributed by atoms with E-state index in [2.05, 4.69) is 36.5 Å². The third-order valence-corrected chi connectivity index (χ3v) is 4.02. The first kappa shape index (κ1) is 16.5. The van der Waals surface area contributed by atoms with E-state index in [0.717, 1.165) is 32.0 Å². The van der Waals surface area contributed by atoms with Crippen LogP contribution in [0.4, 0.5) is 0 Å². The molecule has 0 saturated heterocycles. The summed E-state index contributed by atoms with van der Waals surface area (Å²) in [6.07, 6.45) is 4.94. The lowest BCUT2D eigenvalue weighted by Crippen LogP contribution is -2.27. The highest BCUT2D eigenvalue weighted by molar-refractivity contribution is 5.21. The lowest BCUT2D eigenvalue weighted by Gasteiger charge is -2.18. The van der Waals surface area contributed by atoms with E-state index in [-0.39, 0.29) is 0 Å². The third kappa shape index (κ3) is 7.07. The summed E-state index contributed by atoms with van der Waals surface area (Å²) in [5.74, 6) is 0.649. The van der Waals surface area contributed by atoms with E-state index in [4.69, 9.17) is 9.47 Å². The molecule has 2 rings (SSSR count). The first-order valence-electron chi connectivity index (χ1n) is 8.13. The van der Waals surface area contributed by atoms with Crippen molar-refractivity contribution in [1.82, 2.24) is 5.32 Å². The van der Waals surface area contributed by atoms with Crippen molar-refractivity contribution in [3.05, 3.63) is 35.4 Å². The van der Waals surface area contributed by atoms with Gasteiger partial charge in [0.25, 0.3) is 0 Å². The molecule has 1 aliphatic rings. The average Bonchev–Trinajstić information content (AvgIpc) is 3.31. The van der Waals surface area contributed by atoms with Gasteiger partial charge in [-0.05, 0) is 50.6 Å². The topological polar surface area (TPSA) is 30.5 Å².